The summed E-state index contributed by atoms with van der Waals surface area (Å²) in [4.78, 5) is 0. The Hall–Kier alpha value is -7.39. The van der Waals surface area contributed by atoms with Crippen molar-refractivity contribution in [2.75, 3.05) is 5.32 Å². The summed E-state index contributed by atoms with van der Waals surface area (Å²) in [5.41, 5.74) is 13.6. The second-order valence-electron chi connectivity index (χ2n) is 12.8. The molecule has 0 saturated heterocycles. The summed E-state index contributed by atoms with van der Waals surface area (Å²) in [6, 6.07) is 51.8. The van der Waals surface area contributed by atoms with Crippen molar-refractivity contribution < 1.29 is 0 Å². The number of nitrogens with zero attached hydrogens (tertiary/aromatic N) is 4. The third-order valence-electron chi connectivity index (χ3n) is 9.67. The van der Waals surface area contributed by atoms with Gasteiger partial charge in [0.05, 0.1) is 45.9 Å². The summed E-state index contributed by atoms with van der Waals surface area (Å²) in [6.07, 6.45) is 6.61. The number of para-hydroxylation sites is 2. The lowest BCUT2D eigenvalue weighted by Gasteiger charge is -2.18. The van der Waals surface area contributed by atoms with Crippen LogP contribution in [-0.4, -0.2) is 4.57 Å². The summed E-state index contributed by atoms with van der Waals surface area (Å²) < 4.78 is 2.25. The first-order valence-electron chi connectivity index (χ1n) is 17.1. The number of fused-ring (bicyclic) bond motifs is 3. The van der Waals surface area contributed by atoms with E-state index in [9.17, 15) is 15.8 Å². The summed E-state index contributed by atoms with van der Waals surface area (Å²) >= 11 is 0. The van der Waals surface area contributed by atoms with Crippen LogP contribution in [0.1, 0.15) is 30.0 Å². The van der Waals surface area contributed by atoms with Gasteiger partial charge in [0.2, 0.25) is 0 Å². The van der Waals surface area contributed by atoms with Gasteiger partial charge in [-0.05, 0) is 108 Å². The zero-order chi connectivity index (χ0) is 35.6. The fraction of sp³-hybridized carbons (Fsp3) is 0.0426. The first-order valence-corrected chi connectivity index (χ1v) is 17.1. The molecule has 0 amide bonds. The SMILES string of the molecule is CC1=C(c2ccccc2Nc2cccc(C#N)c2-c2cccc(-c3cccc(-n4c5ccccc5c5cc(C#N)ccc54)c3)c2)C=C(C#N)C=CC1. The molecular formula is C47H31N5. The lowest BCUT2D eigenvalue weighted by molar-refractivity contribution is 1.18. The van der Waals surface area contributed by atoms with Crippen molar-refractivity contribution in [3.8, 4) is 46.1 Å². The fourth-order valence-electron chi connectivity index (χ4n) is 7.21. The molecule has 1 N–H and O–H groups in total. The Morgan fingerprint density at radius 3 is 2.19 bits per heavy atom. The molecule has 8 rings (SSSR count). The number of hydrogen-bond donors (Lipinski definition) is 1. The number of aromatic nitrogens is 1. The normalized spacial score (nSPS) is 12.5. The first-order chi connectivity index (χ1) is 25.6. The van der Waals surface area contributed by atoms with Crippen LogP contribution < -0.4 is 5.32 Å². The smallest absolute Gasteiger partial charge is 0.0998 e. The van der Waals surface area contributed by atoms with Crippen LogP contribution in [0.2, 0.25) is 0 Å². The topological polar surface area (TPSA) is 88.3 Å². The highest BCUT2D eigenvalue weighted by atomic mass is 15.0. The standard InChI is InChI=1S/C47H31N5/c1-31-10-6-11-32(28-48)24-41(31)39-17-2-4-19-43(39)51-44-20-9-15-37(30-50)47(44)36-14-7-12-34(26-36)35-13-8-16-38(27-35)52-45-21-5-3-18-40(45)42-25-33(29-49)22-23-46(42)52/h2-9,11-27,51H,10H2,1H3. The van der Waals surface area contributed by atoms with Gasteiger partial charge >= 0.3 is 0 Å². The van der Waals surface area contributed by atoms with Crippen molar-refractivity contribution in [2.24, 2.45) is 0 Å². The van der Waals surface area contributed by atoms with Crippen LogP contribution >= 0.6 is 0 Å². The van der Waals surface area contributed by atoms with Crippen LogP contribution in [0.4, 0.5) is 11.4 Å². The Bertz CT molecular complexity index is 2790. The molecule has 1 heterocycles. The van der Waals surface area contributed by atoms with Crippen molar-refractivity contribution in [1.82, 2.24) is 4.57 Å². The Balaban J connectivity index is 1.21. The number of nitriles is 3. The second kappa shape index (κ2) is 13.5. The van der Waals surface area contributed by atoms with Crippen LogP contribution in [0.5, 0.6) is 0 Å². The van der Waals surface area contributed by atoms with E-state index in [1.165, 1.54) is 5.57 Å². The summed E-state index contributed by atoms with van der Waals surface area (Å²) in [6.45, 7) is 2.10. The molecule has 0 aliphatic heterocycles. The van der Waals surface area contributed by atoms with Crippen LogP contribution in [-0.2, 0) is 0 Å². The van der Waals surface area contributed by atoms with Gasteiger partial charge in [0.1, 0.15) is 0 Å². The Morgan fingerprint density at radius 1 is 0.615 bits per heavy atom. The molecule has 0 atom stereocenters. The van der Waals surface area contributed by atoms with Gasteiger partial charge in [-0.15, -0.1) is 0 Å². The largest absolute Gasteiger partial charge is 0.354 e. The molecule has 0 fully saturated rings. The molecule has 0 unspecified atom stereocenters. The van der Waals surface area contributed by atoms with Crippen molar-refractivity contribution in [1.29, 1.82) is 15.8 Å². The lowest BCUT2D eigenvalue weighted by Crippen LogP contribution is -2.00. The third kappa shape index (κ3) is 5.72. The minimum absolute atomic E-state index is 0.566. The summed E-state index contributed by atoms with van der Waals surface area (Å²) in [7, 11) is 0. The zero-order valence-electron chi connectivity index (χ0n) is 28.4. The molecular weight excluding hydrogens is 635 g/mol. The predicted molar refractivity (Wildman–Crippen MR) is 211 cm³/mol. The molecule has 1 aromatic heterocycles. The maximum absolute atomic E-state index is 10.3. The molecule has 6 aromatic carbocycles. The van der Waals surface area contributed by atoms with Crippen molar-refractivity contribution in [3.05, 3.63) is 180 Å². The van der Waals surface area contributed by atoms with Gasteiger partial charge in [-0.2, -0.15) is 15.8 Å². The monoisotopic (exact) mass is 665 g/mol. The molecule has 52 heavy (non-hydrogen) atoms. The highest BCUT2D eigenvalue weighted by Gasteiger charge is 2.17. The summed E-state index contributed by atoms with van der Waals surface area (Å²) in [5.74, 6) is 0. The average Bonchev–Trinajstić information content (AvgIpc) is 3.40. The predicted octanol–water partition coefficient (Wildman–Crippen LogP) is 11.8. The van der Waals surface area contributed by atoms with Crippen molar-refractivity contribution in [2.45, 2.75) is 13.3 Å². The van der Waals surface area contributed by atoms with Gasteiger partial charge in [-0.3, -0.25) is 0 Å². The Morgan fingerprint density at radius 2 is 1.35 bits per heavy atom. The fourth-order valence-corrected chi connectivity index (χ4v) is 7.21. The molecule has 5 nitrogen and oxygen atoms in total. The van der Waals surface area contributed by atoms with E-state index in [0.29, 0.717) is 16.7 Å². The van der Waals surface area contributed by atoms with Crippen molar-refractivity contribution in [3.63, 3.8) is 0 Å². The van der Waals surface area contributed by atoms with E-state index in [1.54, 1.807) is 0 Å². The molecule has 1 aliphatic rings. The Kier molecular flexibility index (Phi) is 8.26. The number of anilines is 2. The third-order valence-corrected chi connectivity index (χ3v) is 9.67. The van der Waals surface area contributed by atoms with Gasteiger partial charge in [0.25, 0.3) is 0 Å². The van der Waals surface area contributed by atoms with Gasteiger partial charge in [-0.1, -0.05) is 84.4 Å². The minimum atomic E-state index is 0.566. The maximum Gasteiger partial charge on any atom is 0.0998 e. The molecule has 244 valence electrons. The average molecular weight is 666 g/mol. The maximum atomic E-state index is 10.3. The van der Waals surface area contributed by atoms with Crippen LogP contribution in [0.15, 0.2) is 163 Å². The molecule has 0 saturated carbocycles. The molecule has 5 heteroatoms. The number of hydrogen-bond acceptors (Lipinski definition) is 4. The van der Waals surface area contributed by atoms with Gasteiger partial charge < -0.3 is 9.88 Å². The quantitative estimate of drug-likeness (QED) is 0.191. The lowest BCUT2D eigenvalue weighted by atomic mass is 9.93. The van der Waals surface area contributed by atoms with Gasteiger partial charge in [0.15, 0.2) is 0 Å². The van der Waals surface area contributed by atoms with Gasteiger partial charge in [0, 0.05) is 39.0 Å². The second-order valence-corrected chi connectivity index (χ2v) is 12.8. The van der Waals surface area contributed by atoms with Gasteiger partial charge in [-0.25, -0.2) is 0 Å². The highest BCUT2D eigenvalue weighted by Crippen LogP contribution is 2.39. The van der Waals surface area contributed by atoms with E-state index in [4.69, 9.17) is 0 Å². The van der Waals surface area contributed by atoms with E-state index in [-0.39, 0.29) is 0 Å². The number of nitrogens with one attached hydrogen (secondary N) is 1. The van der Waals surface area contributed by atoms with E-state index in [0.717, 1.165) is 78.7 Å². The highest BCUT2D eigenvalue weighted by molar-refractivity contribution is 6.09. The van der Waals surface area contributed by atoms with Crippen LogP contribution in [0, 0.1) is 34.0 Å². The van der Waals surface area contributed by atoms with E-state index in [2.05, 4.69) is 89.6 Å². The zero-order valence-corrected chi connectivity index (χ0v) is 28.4. The van der Waals surface area contributed by atoms with Crippen molar-refractivity contribution >= 4 is 38.8 Å². The minimum Gasteiger partial charge on any atom is -0.354 e. The molecule has 7 aromatic rings. The van der Waals surface area contributed by atoms with E-state index >= 15 is 0 Å². The summed E-state index contributed by atoms with van der Waals surface area (Å²) in [5, 5.41) is 35.5. The van der Waals surface area contributed by atoms with E-state index < -0.39 is 0 Å². The van der Waals surface area contributed by atoms with Crippen LogP contribution in [0.3, 0.4) is 0 Å². The number of rotatable bonds is 6. The number of allylic oxidation sites excluding steroid dienone is 6. The Labute approximate surface area is 302 Å². The first kappa shape index (κ1) is 31.9. The molecule has 0 bridgehead atoms. The van der Waals surface area contributed by atoms with E-state index in [1.807, 2.05) is 97.1 Å². The molecule has 0 radical (unpaired) electrons. The molecule has 0 spiro atoms. The van der Waals surface area contributed by atoms with Crippen LogP contribution in [0.25, 0.3) is 55.3 Å². The molecule has 1 aliphatic carbocycles. The number of benzene rings is 6.